The number of hydrogen-bond acceptors (Lipinski definition) is 4. The Morgan fingerprint density at radius 3 is 1.84 bits per heavy atom. The summed E-state index contributed by atoms with van der Waals surface area (Å²) in [6.07, 6.45) is 0. The van der Waals surface area contributed by atoms with Crippen LogP contribution in [0, 0.1) is 0 Å². The molecule has 0 saturated heterocycles. The highest BCUT2D eigenvalue weighted by molar-refractivity contribution is 6.20. The first-order valence-electron chi connectivity index (χ1n) is 18.5. The molecule has 0 unspecified atom stereocenters. The van der Waals surface area contributed by atoms with Crippen LogP contribution in [-0.2, 0) is 0 Å². The van der Waals surface area contributed by atoms with E-state index >= 15 is 0 Å². The van der Waals surface area contributed by atoms with Crippen molar-refractivity contribution in [1.29, 1.82) is 0 Å². The van der Waals surface area contributed by atoms with Crippen molar-refractivity contribution in [2.45, 2.75) is 0 Å². The Labute approximate surface area is 317 Å². The van der Waals surface area contributed by atoms with Crippen molar-refractivity contribution >= 4 is 71.6 Å². The Morgan fingerprint density at radius 2 is 1.04 bits per heavy atom. The largest absolute Gasteiger partial charge is 0.456 e. The van der Waals surface area contributed by atoms with E-state index in [9.17, 15) is 0 Å². The predicted octanol–water partition coefficient (Wildman–Crippen LogP) is 14.5. The molecule has 4 nitrogen and oxygen atoms in total. The van der Waals surface area contributed by atoms with Crippen LogP contribution in [0.5, 0.6) is 0 Å². The van der Waals surface area contributed by atoms with Gasteiger partial charge in [-0.3, -0.25) is 0 Å². The first-order valence-corrected chi connectivity index (χ1v) is 18.5. The number of rotatable bonds is 6. The van der Waals surface area contributed by atoms with Gasteiger partial charge in [-0.05, 0) is 92.3 Å². The van der Waals surface area contributed by atoms with E-state index in [2.05, 4.69) is 150 Å². The summed E-state index contributed by atoms with van der Waals surface area (Å²) in [4.78, 5) is 7.34. The van der Waals surface area contributed by atoms with Crippen LogP contribution in [0.1, 0.15) is 0 Å². The monoisotopic (exact) mass is 704 g/mol. The lowest BCUT2D eigenvalue weighted by Crippen LogP contribution is -2.11. The molecule has 0 spiro atoms. The zero-order valence-electron chi connectivity index (χ0n) is 29.7. The summed E-state index contributed by atoms with van der Waals surface area (Å²) in [6.45, 7) is 0. The third-order valence-corrected chi connectivity index (χ3v) is 10.7. The highest BCUT2D eigenvalue weighted by Gasteiger charge is 2.26. The smallest absolute Gasteiger partial charge is 0.227 e. The van der Waals surface area contributed by atoms with Gasteiger partial charge in [0.25, 0.3) is 0 Å². The van der Waals surface area contributed by atoms with Gasteiger partial charge in [0, 0.05) is 28.4 Å². The van der Waals surface area contributed by atoms with Gasteiger partial charge in [-0.2, -0.15) is 0 Å². The number of furan rings is 1. The minimum atomic E-state index is 0.562. The molecule has 9 aromatic carbocycles. The zero-order chi connectivity index (χ0) is 36.3. The fourth-order valence-corrected chi connectivity index (χ4v) is 8.01. The van der Waals surface area contributed by atoms with E-state index in [1.807, 2.05) is 48.5 Å². The van der Waals surface area contributed by atoms with Crippen LogP contribution in [0.2, 0.25) is 0 Å². The van der Waals surface area contributed by atoms with Gasteiger partial charge < -0.3 is 13.7 Å². The molecule has 2 heterocycles. The van der Waals surface area contributed by atoms with Crippen LogP contribution < -0.4 is 4.90 Å². The number of anilines is 3. The molecule has 0 amide bonds. The summed E-state index contributed by atoms with van der Waals surface area (Å²) in [5.41, 5.74) is 11.4. The number of hydrogen-bond donors (Lipinski definition) is 0. The third-order valence-electron chi connectivity index (χ3n) is 10.7. The Bertz CT molecular complexity index is 3190. The first-order chi connectivity index (χ1) is 27.2. The number of para-hydroxylation sites is 1. The number of fused-ring (bicyclic) bond motifs is 6. The summed E-state index contributed by atoms with van der Waals surface area (Å²) in [6, 6.07) is 68.1. The van der Waals surface area contributed by atoms with E-state index in [0.29, 0.717) is 11.5 Å². The van der Waals surface area contributed by atoms with Gasteiger partial charge in [0.2, 0.25) is 5.89 Å². The molecule has 11 rings (SSSR count). The van der Waals surface area contributed by atoms with Crippen molar-refractivity contribution < 1.29 is 8.83 Å². The third kappa shape index (κ3) is 5.26. The van der Waals surface area contributed by atoms with Gasteiger partial charge in [0.15, 0.2) is 5.58 Å². The molecule has 2 aromatic heterocycles. The van der Waals surface area contributed by atoms with E-state index < -0.39 is 0 Å². The van der Waals surface area contributed by atoms with Crippen molar-refractivity contribution in [2.24, 2.45) is 0 Å². The molecule has 0 radical (unpaired) electrons. The van der Waals surface area contributed by atoms with E-state index in [1.54, 1.807) is 0 Å². The summed E-state index contributed by atoms with van der Waals surface area (Å²) in [5, 5.41) is 6.88. The zero-order valence-corrected chi connectivity index (χ0v) is 29.7. The fourth-order valence-electron chi connectivity index (χ4n) is 8.01. The molecule has 4 heteroatoms. The van der Waals surface area contributed by atoms with Crippen molar-refractivity contribution in [3.63, 3.8) is 0 Å². The maximum atomic E-state index is 6.82. The molecule has 0 aliphatic rings. The molecule has 0 bridgehead atoms. The Kier molecular flexibility index (Phi) is 7.14. The Balaban J connectivity index is 1.14. The van der Waals surface area contributed by atoms with Crippen LogP contribution in [0.3, 0.4) is 0 Å². The summed E-state index contributed by atoms with van der Waals surface area (Å²) >= 11 is 0. The minimum Gasteiger partial charge on any atom is -0.456 e. The lowest BCUT2D eigenvalue weighted by Gasteiger charge is -2.26. The lowest BCUT2D eigenvalue weighted by atomic mass is 9.98. The topological polar surface area (TPSA) is 42.4 Å². The molecule has 0 atom stereocenters. The quantitative estimate of drug-likeness (QED) is 0.173. The van der Waals surface area contributed by atoms with Crippen molar-refractivity contribution in [1.82, 2.24) is 4.98 Å². The van der Waals surface area contributed by atoms with E-state index in [4.69, 9.17) is 13.8 Å². The lowest BCUT2D eigenvalue weighted by molar-refractivity contribution is 0.620. The number of oxazole rings is 1. The van der Waals surface area contributed by atoms with Crippen molar-refractivity contribution in [2.75, 3.05) is 4.90 Å². The number of benzene rings is 9. The molecular weight excluding hydrogens is 673 g/mol. The van der Waals surface area contributed by atoms with Gasteiger partial charge >= 0.3 is 0 Å². The van der Waals surface area contributed by atoms with Gasteiger partial charge in [0.1, 0.15) is 22.4 Å². The molecule has 0 N–H and O–H groups in total. The average Bonchev–Trinajstić information content (AvgIpc) is 3.85. The van der Waals surface area contributed by atoms with Crippen LogP contribution in [0.25, 0.3) is 88.3 Å². The van der Waals surface area contributed by atoms with Crippen LogP contribution in [0.4, 0.5) is 17.1 Å². The highest BCUT2D eigenvalue weighted by atomic mass is 16.4. The van der Waals surface area contributed by atoms with Crippen molar-refractivity contribution in [3.05, 3.63) is 194 Å². The summed E-state index contributed by atoms with van der Waals surface area (Å²) < 4.78 is 13.4. The SMILES string of the molecule is c1ccc(-c2nc3cc4oc5ccccc5c4c(N(c4ccc(-c5ccc6ccccc6c5)cc4)c4ccc(-c5cccc6ccccc56)cc4)c3o2)cc1. The molecule has 55 heavy (non-hydrogen) atoms. The Morgan fingerprint density at radius 1 is 0.400 bits per heavy atom. The van der Waals surface area contributed by atoms with Crippen LogP contribution in [0.15, 0.2) is 203 Å². The minimum absolute atomic E-state index is 0.562. The maximum Gasteiger partial charge on any atom is 0.227 e. The van der Waals surface area contributed by atoms with Gasteiger partial charge in [-0.25, -0.2) is 4.98 Å². The van der Waals surface area contributed by atoms with E-state index in [0.717, 1.165) is 61.2 Å². The van der Waals surface area contributed by atoms with Gasteiger partial charge in [0.05, 0.1) is 5.39 Å². The molecule has 258 valence electrons. The highest BCUT2D eigenvalue weighted by Crippen LogP contribution is 2.48. The molecule has 0 aliphatic carbocycles. The predicted molar refractivity (Wildman–Crippen MR) is 227 cm³/mol. The molecule has 0 fully saturated rings. The fraction of sp³-hybridized carbons (Fsp3) is 0. The molecular formula is C51H32N2O2. The standard InChI is InChI=1S/C51H32N2O2/c1-2-13-37(14-3-1)51-52-45-32-47-48(44-18-8-9-20-46(44)54-47)49(50(45)55-51)53(40-27-23-34(24-28-40)39-22-21-33-11-4-5-15-38(33)31-39)41-29-25-36(26-30-41)43-19-10-16-35-12-6-7-17-42(35)43/h1-32H. The van der Waals surface area contributed by atoms with Gasteiger partial charge in [-0.15, -0.1) is 0 Å². The summed E-state index contributed by atoms with van der Waals surface area (Å²) in [7, 11) is 0. The van der Waals surface area contributed by atoms with Crippen molar-refractivity contribution in [3.8, 4) is 33.7 Å². The number of aromatic nitrogens is 1. The molecule has 0 saturated carbocycles. The normalized spacial score (nSPS) is 11.6. The average molecular weight is 705 g/mol. The second-order valence-corrected chi connectivity index (χ2v) is 13.9. The van der Waals surface area contributed by atoms with E-state index in [1.165, 1.54) is 32.7 Å². The van der Waals surface area contributed by atoms with E-state index in [-0.39, 0.29) is 0 Å². The van der Waals surface area contributed by atoms with Gasteiger partial charge in [-0.1, -0.05) is 140 Å². The second-order valence-electron chi connectivity index (χ2n) is 13.9. The second kappa shape index (κ2) is 12.6. The van der Waals surface area contributed by atoms with Crippen LogP contribution >= 0.6 is 0 Å². The first kappa shape index (κ1) is 31.1. The number of nitrogens with zero attached hydrogens (tertiary/aromatic N) is 2. The Hall–Kier alpha value is -7.43. The van der Waals surface area contributed by atoms with Crippen LogP contribution in [-0.4, -0.2) is 4.98 Å². The summed E-state index contributed by atoms with van der Waals surface area (Å²) in [5.74, 6) is 0.562. The maximum absolute atomic E-state index is 6.82. The molecule has 11 aromatic rings. The molecule has 0 aliphatic heterocycles.